The summed E-state index contributed by atoms with van der Waals surface area (Å²) in [7, 11) is 0. The van der Waals surface area contributed by atoms with Crippen molar-refractivity contribution in [2.45, 2.75) is 125 Å². The van der Waals surface area contributed by atoms with Gasteiger partial charge >= 0.3 is 5.97 Å². The van der Waals surface area contributed by atoms with Crippen LogP contribution in [0.5, 0.6) is 0 Å². The molecule has 2 fully saturated rings. The molecule has 0 radical (unpaired) electrons. The lowest BCUT2D eigenvalue weighted by atomic mass is 9.43. The van der Waals surface area contributed by atoms with Gasteiger partial charge in [-0.05, 0) is 93.0 Å². The van der Waals surface area contributed by atoms with Crippen LogP contribution in [-0.4, -0.2) is 28.6 Å². The van der Waals surface area contributed by atoms with E-state index >= 15 is 0 Å². The molecule has 4 nitrogen and oxygen atoms in total. The summed E-state index contributed by atoms with van der Waals surface area (Å²) >= 11 is 0. The van der Waals surface area contributed by atoms with Crippen LogP contribution in [0.2, 0.25) is 0 Å². The van der Waals surface area contributed by atoms with Crippen molar-refractivity contribution in [3.8, 4) is 0 Å². The van der Waals surface area contributed by atoms with Crippen LogP contribution < -0.4 is 0 Å². The van der Waals surface area contributed by atoms with Gasteiger partial charge in [0.05, 0.1) is 5.60 Å². The molecule has 7 atom stereocenters. The number of aliphatic hydroxyl groups is 1. The Morgan fingerprint density at radius 2 is 1.69 bits per heavy atom. The molecule has 0 aromatic heterocycles. The smallest absolute Gasteiger partial charge is 0.303 e. The fraction of sp³-hybridized carbons (Fsp3) is 0.812. The van der Waals surface area contributed by atoms with Crippen molar-refractivity contribution in [1.82, 2.24) is 0 Å². The number of rotatable bonds is 5. The Balaban J connectivity index is 1.69. The first kappa shape index (κ1) is 27.6. The molecule has 0 bridgehead atoms. The fourth-order valence-corrected chi connectivity index (χ4v) is 9.45. The van der Waals surface area contributed by atoms with Gasteiger partial charge in [-0.2, -0.15) is 0 Å². The minimum absolute atomic E-state index is 0.134. The third-order valence-electron chi connectivity index (χ3n) is 11.7. The summed E-state index contributed by atoms with van der Waals surface area (Å²) in [5.41, 5.74) is 2.62. The maximum Gasteiger partial charge on any atom is 0.303 e. The first-order valence-electron chi connectivity index (χ1n) is 14.3. The normalized spacial score (nSPS) is 39.9. The maximum absolute atomic E-state index is 12.9. The number of fused-ring (bicyclic) bond motifs is 4. The molecule has 4 aliphatic rings. The van der Waals surface area contributed by atoms with Crippen LogP contribution in [0.4, 0.5) is 0 Å². The fourth-order valence-electron chi connectivity index (χ4n) is 9.45. The summed E-state index contributed by atoms with van der Waals surface area (Å²) in [6, 6.07) is 0. The number of Topliss-reactive ketones (excluding diaryl/α,β-unsaturated/α-hetero) is 1. The summed E-state index contributed by atoms with van der Waals surface area (Å²) in [6.45, 7) is 19.1. The Kier molecular flexibility index (Phi) is 6.76. The Morgan fingerprint density at radius 3 is 2.31 bits per heavy atom. The third-order valence-corrected chi connectivity index (χ3v) is 11.7. The van der Waals surface area contributed by atoms with E-state index in [2.05, 4.69) is 41.5 Å². The topological polar surface area (TPSA) is 63.6 Å². The second kappa shape index (κ2) is 8.82. The summed E-state index contributed by atoms with van der Waals surface area (Å²) in [4.78, 5) is 24.9. The minimum atomic E-state index is -0.944. The molecule has 0 spiro atoms. The minimum Gasteiger partial charge on any atom is -0.458 e. The van der Waals surface area contributed by atoms with Crippen LogP contribution in [0.15, 0.2) is 23.3 Å². The zero-order valence-corrected chi connectivity index (χ0v) is 24.3. The number of hydrogen-bond donors (Lipinski definition) is 1. The van der Waals surface area contributed by atoms with Gasteiger partial charge in [0.2, 0.25) is 0 Å². The molecule has 0 aromatic carbocycles. The van der Waals surface area contributed by atoms with Crippen molar-refractivity contribution >= 4 is 11.8 Å². The number of allylic oxidation sites excluding steroid dienone is 2. The number of ether oxygens (including phenoxy) is 1. The predicted octanol–water partition coefficient (Wildman–Crippen LogP) is 7.20. The number of hydrogen-bond acceptors (Lipinski definition) is 4. The zero-order chi connectivity index (χ0) is 26.9. The molecular formula is C32H50O4. The highest BCUT2D eigenvalue weighted by Crippen LogP contribution is 2.72. The SMILES string of the molecule is CC(=O)O[C@H](/C=C/C(C)(C)O)[C@@H](C)[C@H]1CC[C@@]2(C)C3=C(CC[C@]12C)[C@@]1(C)CCC(=O)C(C)(C)[C@@H]1CC3. The molecule has 0 aromatic rings. The van der Waals surface area contributed by atoms with Gasteiger partial charge in [-0.15, -0.1) is 0 Å². The van der Waals surface area contributed by atoms with Gasteiger partial charge in [0.15, 0.2) is 0 Å². The Hall–Kier alpha value is -1.42. The average molecular weight is 499 g/mol. The second-order valence-corrected chi connectivity index (χ2v) is 14.5. The summed E-state index contributed by atoms with van der Waals surface area (Å²) in [5, 5.41) is 10.3. The lowest BCUT2D eigenvalue weighted by molar-refractivity contribution is -0.148. The van der Waals surface area contributed by atoms with E-state index in [1.807, 2.05) is 6.08 Å². The van der Waals surface area contributed by atoms with Crippen LogP contribution in [0.25, 0.3) is 0 Å². The highest BCUT2D eigenvalue weighted by Gasteiger charge is 2.63. The van der Waals surface area contributed by atoms with Gasteiger partial charge in [-0.1, -0.05) is 58.8 Å². The van der Waals surface area contributed by atoms with E-state index in [-0.39, 0.29) is 39.7 Å². The largest absolute Gasteiger partial charge is 0.458 e. The van der Waals surface area contributed by atoms with E-state index < -0.39 is 5.60 Å². The van der Waals surface area contributed by atoms with E-state index in [0.717, 1.165) is 38.5 Å². The van der Waals surface area contributed by atoms with E-state index in [4.69, 9.17) is 4.74 Å². The third kappa shape index (κ3) is 4.14. The lowest BCUT2D eigenvalue weighted by Crippen LogP contribution is -2.54. The summed E-state index contributed by atoms with van der Waals surface area (Å²) in [5.74, 6) is 1.22. The van der Waals surface area contributed by atoms with Gasteiger partial charge in [0, 0.05) is 24.7 Å². The van der Waals surface area contributed by atoms with Crippen LogP contribution in [0, 0.1) is 39.4 Å². The van der Waals surface area contributed by atoms with Crippen LogP contribution >= 0.6 is 0 Å². The quantitative estimate of drug-likeness (QED) is 0.321. The second-order valence-electron chi connectivity index (χ2n) is 14.5. The average Bonchev–Trinajstić information content (AvgIpc) is 3.04. The Morgan fingerprint density at radius 1 is 1.03 bits per heavy atom. The van der Waals surface area contributed by atoms with Crippen molar-refractivity contribution < 1.29 is 19.4 Å². The summed E-state index contributed by atoms with van der Waals surface area (Å²) in [6.07, 6.45) is 11.8. The molecule has 0 saturated heterocycles. The Bertz CT molecular complexity index is 981. The van der Waals surface area contributed by atoms with E-state index in [0.29, 0.717) is 24.0 Å². The van der Waals surface area contributed by atoms with Gasteiger partial charge in [-0.3, -0.25) is 9.59 Å². The van der Waals surface area contributed by atoms with Gasteiger partial charge in [0.1, 0.15) is 11.9 Å². The van der Waals surface area contributed by atoms with Gasteiger partial charge < -0.3 is 9.84 Å². The summed E-state index contributed by atoms with van der Waals surface area (Å²) < 4.78 is 5.82. The van der Waals surface area contributed by atoms with E-state index in [1.165, 1.54) is 13.3 Å². The highest BCUT2D eigenvalue weighted by molar-refractivity contribution is 5.85. The van der Waals surface area contributed by atoms with Crippen molar-refractivity contribution in [3.63, 3.8) is 0 Å². The molecule has 4 heteroatoms. The van der Waals surface area contributed by atoms with Crippen molar-refractivity contribution in [2.24, 2.45) is 39.4 Å². The van der Waals surface area contributed by atoms with Crippen molar-refractivity contribution in [3.05, 3.63) is 23.3 Å². The molecule has 0 heterocycles. The van der Waals surface area contributed by atoms with E-state index in [9.17, 15) is 14.7 Å². The molecule has 202 valence electrons. The van der Waals surface area contributed by atoms with Gasteiger partial charge in [0.25, 0.3) is 0 Å². The highest BCUT2D eigenvalue weighted by atomic mass is 16.5. The molecular weight excluding hydrogens is 448 g/mol. The molecule has 4 rings (SSSR count). The number of ketones is 1. The van der Waals surface area contributed by atoms with Crippen molar-refractivity contribution in [1.29, 1.82) is 0 Å². The number of esters is 1. The standard InChI is InChI=1S/C32H50O4/c1-20(25(36-21(2)33)14-16-28(3,4)35)22-12-18-32(9)24-10-11-26-29(5,6)27(34)15-17-30(26,7)23(24)13-19-31(22,32)8/h14,16,20,22,25-26,35H,10-13,15,17-19H2,1-9H3/b16-14+/t20-,22+,25+,26-,30+,31+,32-/m0/s1. The molecule has 1 N–H and O–H groups in total. The Labute approximate surface area is 219 Å². The lowest BCUT2D eigenvalue weighted by Gasteiger charge is -2.61. The molecule has 0 aliphatic heterocycles. The molecule has 2 saturated carbocycles. The number of carbonyl (C=O) groups excluding carboxylic acids is 2. The molecule has 36 heavy (non-hydrogen) atoms. The van der Waals surface area contributed by atoms with E-state index in [1.54, 1.807) is 31.1 Å². The van der Waals surface area contributed by atoms with Crippen LogP contribution in [0.1, 0.15) is 114 Å². The monoisotopic (exact) mass is 498 g/mol. The first-order valence-corrected chi connectivity index (χ1v) is 14.3. The molecule has 4 aliphatic carbocycles. The van der Waals surface area contributed by atoms with Gasteiger partial charge in [-0.25, -0.2) is 0 Å². The first-order chi connectivity index (χ1) is 16.5. The molecule has 0 amide bonds. The zero-order valence-electron chi connectivity index (χ0n) is 24.3. The van der Waals surface area contributed by atoms with Crippen molar-refractivity contribution in [2.75, 3.05) is 0 Å². The maximum atomic E-state index is 12.9. The predicted molar refractivity (Wildman–Crippen MR) is 144 cm³/mol. The van der Waals surface area contributed by atoms with Crippen LogP contribution in [0.3, 0.4) is 0 Å². The van der Waals surface area contributed by atoms with Crippen LogP contribution in [-0.2, 0) is 14.3 Å². The number of carbonyl (C=O) groups is 2. The molecule has 0 unspecified atom stereocenters.